The van der Waals surface area contributed by atoms with Gasteiger partial charge >= 0.3 is 0 Å². The molecule has 0 bridgehead atoms. The van der Waals surface area contributed by atoms with Crippen LogP contribution in [0.25, 0.3) is 21.9 Å². The minimum Gasteiger partial charge on any atom is -0.496 e. The number of carbonyl (C=O) groups is 5. The third kappa shape index (κ3) is 8.73. The minimum absolute atomic E-state index is 0.0140. The number of benzene rings is 2. The van der Waals surface area contributed by atoms with Crippen LogP contribution < -0.4 is 25.1 Å². The number of nitrogens with zero attached hydrogens (tertiary/aromatic N) is 4. The zero-order valence-corrected chi connectivity index (χ0v) is 35.6. The van der Waals surface area contributed by atoms with Crippen LogP contribution in [0.2, 0.25) is 0 Å². The zero-order chi connectivity index (χ0) is 43.7. The van der Waals surface area contributed by atoms with E-state index in [2.05, 4.69) is 22.2 Å². The quantitative estimate of drug-likeness (QED) is 0.130. The van der Waals surface area contributed by atoms with Gasteiger partial charge in [-0.05, 0) is 91.9 Å². The van der Waals surface area contributed by atoms with Gasteiger partial charge in [-0.15, -0.1) is 0 Å². The van der Waals surface area contributed by atoms with Gasteiger partial charge in [-0.3, -0.25) is 44.0 Å². The Labute approximate surface area is 359 Å². The fourth-order valence-corrected chi connectivity index (χ4v) is 9.89. The van der Waals surface area contributed by atoms with Gasteiger partial charge in [0.1, 0.15) is 23.9 Å². The Morgan fingerprint density at radius 1 is 0.887 bits per heavy atom. The molecular weight excluding hydrogens is 795 g/mol. The van der Waals surface area contributed by atoms with Crippen LogP contribution in [0.1, 0.15) is 71.2 Å². The lowest BCUT2D eigenvalue weighted by Gasteiger charge is -2.28. The second kappa shape index (κ2) is 18.2. The average molecular weight is 848 g/mol. The number of ketones is 2. The van der Waals surface area contributed by atoms with Crippen molar-refractivity contribution in [3.8, 4) is 28.4 Å². The van der Waals surface area contributed by atoms with Gasteiger partial charge in [-0.25, -0.2) is 0 Å². The Morgan fingerprint density at radius 2 is 1.63 bits per heavy atom. The van der Waals surface area contributed by atoms with Crippen LogP contribution in [0.5, 0.6) is 17.2 Å². The SMILES string of the molecule is COc1cc(-c2cn(C)c(=O)c3cnccc23)cc(OC)c1CN(C)C1CC2CN(C(=O)CCOCCOc3ccc4c(c3)C(=O)CC(CC3CCC(=O)NC3=O)C4=O)CC2C1. The van der Waals surface area contributed by atoms with Crippen LogP contribution in [-0.2, 0) is 32.7 Å². The first-order valence-electron chi connectivity index (χ1n) is 21.3. The lowest BCUT2D eigenvalue weighted by Crippen LogP contribution is -2.42. The van der Waals surface area contributed by atoms with E-state index in [1.165, 1.54) is 0 Å². The summed E-state index contributed by atoms with van der Waals surface area (Å²) in [5, 5.41) is 3.68. The summed E-state index contributed by atoms with van der Waals surface area (Å²) in [5.74, 6) is 0.678. The van der Waals surface area contributed by atoms with Crippen LogP contribution in [-0.4, -0.2) is 109 Å². The van der Waals surface area contributed by atoms with Crippen LogP contribution in [0, 0.1) is 23.7 Å². The van der Waals surface area contributed by atoms with Crippen molar-refractivity contribution in [2.24, 2.45) is 30.7 Å². The van der Waals surface area contributed by atoms with Gasteiger partial charge in [0.25, 0.3) is 5.56 Å². The molecule has 8 rings (SSSR count). The Bertz CT molecular complexity index is 2440. The highest BCUT2D eigenvalue weighted by Gasteiger charge is 2.43. The number of piperidine rings is 1. The van der Waals surface area contributed by atoms with E-state index in [-0.39, 0.29) is 80.4 Å². The number of methoxy groups -OCH3 is 2. The lowest BCUT2D eigenvalue weighted by molar-refractivity contribution is -0.136. The second-order valence-electron chi connectivity index (χ2n) is 17.1. The number of hydrogen-bond donors (Lipinski definition) is 1. The van der Waals surface area contributed by atoms with E-state index in [0.29, 0.717) is 64.6 Å². The van der Waals surface area contributed by atoms with Gasteiger partial charge in [0.05, 0.1) is 44.8 Å². The van der Waals surface area contributed by atoms with Crippen molar-refractivity contribution in [3.63, 3.8) is 0 Å². The number of imide groups is 1. The van der Waals surface area contributed by atoms with E-state index in [0.717, 1.165) is 48.0 Å². The molecule has 2 aromatic heterocycles. The number of Topliss-reactive ketones (excluding diaryl/α,β-unsaturated/α-hetero) is 2. The number of rotatable bonds is 15. The molecule has 3 fully saturated rings. The Balaban J connectivity index is 0.776. The van der Waals surface area contributed by atoms with Crippen molar-refractivity contribution in [3.05, 3.63) is 82.0 Å². The second-order valence-corrected chi connectivity index (χ2v) is 17.1. The number of hydrogen-bond acceptors (Lipinski definition) is 12. The predicted molar refractivity (Wildman–Crippen MR) is 228 cm³/mol. The summed E-state index contributed by atoms with van der Waals surface area (Å²) < 4.78 is 25.0. The van der Waals surface area contributed by atoms with Crippen LogP contribution in [0.15, 0.2) is 59.8 Å². The number of likely N-dealkylation sites (tertiary alicyclic amines) is 1. The first kappa shape index (κ1) is 42.7. The summed E-state index contributed by atoms with van der Waals surface area (Å²) in [7, 11) is 7.18. The normalized spacial score (nSPS) is 22.2. The molecule has 15 nitrogen and oxygen atoms in total. The van der Waals surface area contributed by atoms with E-state index in [9.17, 15) is 28.8 Å². The van der Waals surface area contributed by atoms with Gasteiger partial charge in [0.15, 0.2) is 11.6 Å². The third-order valence-electron chi connectivity index (χ3n) is 13.3. The number of nitrogens with one attached hydrogen (secondary N) is 1. The maximum absolute atomic E-state index is 13.2. The fourth-order valence-electron chi connectivity index (χ4n) is 9.89. The number of aromatic nitrogens is 2. The molecule has 0 spiro atoms. The summed E-state index contributed by atoms with van der Waals surface area (Å²) >= 11 is 0. The Hall–Kier alpha value is -5.93. The maximum atomic E-state index is 13.2. The van der Waals surface area contributed by atoms with Crippen molar-refractivity contribution in [2.75, 3.05) is 54.2 Å². The van der Waals surface area contributed by atoms with Gasteiger partial charge < -0.3 is 28.4 Å². The van der Waals surface area contributed by atoms with E-state index < -0.39 is 11.8 Å². The predicted octanol–water partition coefficient (Wildman–Crippen LogP) is 4.60. The molecule has 0 radical (unpaired) electrons. The van der Waals surface area contributed by atoms with Crippen molar-refractivity contribution in [1.82, 2.24) is 24.7 Å². The number of aryl methyl sites for hydroxylation is 1. The molecule has 2 aliphatic heterocycles. The topological polar surface area (TPSA) is 176 Å². The van der Waals surface area contributed by atoms with E-state index in [1.807, 2.05) is 29.3 Å². The molecule has 2 aromatic carbocycles. The van der Waals surface area contributed by atoms with Crippen LogP contribution >= 0.6 is 0 Å². The van der Waals surface area contributed by atoms with Gasteiger partial charge in [-0.2, -0.15) is 0 Å². The molecule has 1 N–H and O–H groups in total. The number of fused-ring (bicyclic) bond motifs is 3. The zero-order valence-electron chi connectivity index (χ0n) is 35.6. The molecule has 326 valence electrons. The maximum Gasteiger partial charge on any atom is 0.259 e. The van der Waals surface area contributed by atoms with Crippen molar-refractivity contribution >= 4 is 40.1 Å². The van der Waals surface area contributed by atoms with E-state index in [1.54, 1.807) is 56.4 Å². The third-order valence-corrected chi connectivity index (χ3v) is 13.3. The monoisotopic (exact) mass is 847 g/mol. The molecular formula is C47H53N5O10. The molecule has 3 amide bonds. The number of ether oxygens (including phenoxy) is 4. The molecule has 4 atom stereocenters. The van der Waals surface area contributed by atoms with Crippen molar-refractivity contribution in [1.29, 1.82) is 0 Å². The van der Waals surface area contributed by atoms with E-state index in [4.69, 9.17) is 18.9 Å². The highest BCUT2D eigenvalue weighted by atomic mass is 16.5. The standard InChI is InChI=1S/C47H53N5O10/c1-50(26-39-41(59-3)19-28(20-42(39)60-4)38-25-51(2)47(58)37-22-48-11-9-34(37)38)32-16-30-23-52(24-31(30)17-32)44(55)10-12-61-13-14-62-33-6-7-35-36(21-33)40(53)18-29(45(35)56)15-27-5-8-43(54)49-46(27)57/h6-7,9,11,19-22,25,27,29-32H,5,8,10,12-18,23-24,26H2,1-4H3,(H,49,54,57). The van der Waals surface area contributed by atoms with Crippen LogP contribution in [0.3, 0.4) is 0 Å². The van der Waals surface area contributed by atoms with Crippen molar-refractivity contribution < 1.29 is 42.9 Å². The smallest absolute Gasteiger partial charge is 0.259 e. The average Bonchev–Trinajstić information content (AvgIpc) is 3.87. The molecule has 2 saturated heterocycles. The number of pyridine rings is 2. The molecule has 15 heteroatoms. The van der Waals surface area contributed by atoms with Crippen molar-refractivity contribution in [2.45, 2.75) is 57.5 Å². The largest absolute Gasteiger partial charge is 0.496 e. The highest BCUT2D eigenvalue weighted by Crippen LogP contribution is 2.43. The summed E-state index contributed by atoms with van der Waals surface area (Å²) in [6, 6.07) is 11.0. The number of carbonyl (C=O) groups excluding carboxylic acids is 5. The fraction of sp³-hybridized carbons (Fsp3) is 0.468. The molecule has 2 aliphatic carbocycles. The van der Waals surface area contributed by atoms with Gasteiger partial charge in [0.2, 0.25) is 17.7 Å². The summed E-state index contributed by atoms with van der Waals surface area (Å²) in [5.41, 5.74) is 3.23. The van der Waals surface area contributed by atoms with Gasteiger partial charge in [-0.1, -0.05) is 0 Å². The molecule has 4 aromatic rings. The minimum atomic E-state index is -0.598. The molecule has 62 heavy (non-hydrogen) atoms. The highest BCUT2D eigenvalue weighted by molar-refractivity contribution is 6.15. The number of amides is 3. The molecule has 4 aliphatic rings. The first-order valence-corrected chi connectivity index (χ1v) is 21.3. The summed E-state index contributed by atoms with van der Waals surface area (Å²) in [4.78, 5) is 84.5. The Kier molecular flexibility index (Phi) is 12.5. The lowest BCUT2D eigenvalue weighted by atomic mass is 9.76. The van der Waals surface area contributed by atoms with Gasteiger partial charge in [0, 0.05) is 92.7 Å². The molecule has 1 saturated carbocycles. The molecule has 4 unspecified atom stereocenters. The molecule has 4 heterocycles. The summed E-state index contributed by atoms with van der Waals surface area (Å²) in [6.07, 6.45) is 8.24. The first-order chi connectivity index (χ1) is 29.9. The van der Waals surface area contributed by atoms with E-state index >= 15 is 0 Å². The summed E-state index contributed by atoms with van der Waals surface area (Å²) in [6.45, 7) is 2.82. The Morgan fingerprint density at radius 3 is 2.34 bits per heavy atom. The van der Waals surface area contributed by atoms with Crippen LogP contribution in [0.4, 0.5) is 0 Å².